The van der Waals surface area contributed by atoms with E-state index in [0.29, 0.717) is 18.6 Å². The zero-order valence-electron chi connectivity index (χ0n) is 8.86. The number of carbonyl (C=O) groups is 1. The Morgan fingerprint density at radius 3 is 2.94 bits per heavy atom. The Morgan fingerprint density at radius 1 is 1.12 bits per heavy atom. The zero-order valence-corrected chi connectivity index (χ0v) is 8.86. The molecule has 0 saturated heterocycles. The number of hydrogen-bond acceptors (Lipinski definition) is 1. The van der Waals surface area contributed by atoms with Crippen LogP contribution in [0.15, 0.2) is 35.9 Å². The van der Waals surface area contributed by atoms with E-state index in [9.17, 15) is 4.79 Å². The SMILES string of the molecule is O=C1CC2=C(C1)c1cc3ccccc3n1C2. The summed E-state index contributed by atoms with van der Waals surface area (Å²) in [5, 5.41) is 1.28. The summed E-state index contributed by atoms with van der Waals surface area (Å²) >= 11 is 0. The molecule has 2 aliphatic rings. The average molecular weight is 209 g/mol. The number of benzene rings is 1. The maximum atomic E-state index is 11.4. The van der Waals surface area contributed by atoms with Crippen molar-refractivity contribution >= 4 is 22.3 Å². The van der Waals surface area contributed by atoms with E-state index in [0.717, 1.165) is 6.54 Å². The lowest BCUT2D eigenvalue weighted by molar-refractivity contribution is -0.116. The molecule has 1 aliphatic heterocycles. The van der Waals surface area contributed by atoms with Gasteiger partial charge in [-0.05, 0) is 23.3 Å². The minimum absolute atomic E-state index is 0.376. The number of allylic oxidation sites excluding steroid dienone is 2. The van der Waals surface area contributed by atoms with Crippen LogP contribution < -0.4 is 0 Å². The molecule has 0 spiro atoms. The third-order valence-corrected chi connectivity index (χ3v) is 3.68. The predicted octanol–water partition coefficient (Wildman–Crippen LogP) is 2.77. The van der Waals surface area contributed by atoms with Crippen molar-refractivity contribution in [2.75, 3.05) is 0 Å². The van der Waals surface area contributed by atoms with Crippen molar-refractivity contribution in [3.8, 4) is 0 Å². The number of para-hydroxylation sites is 1. The van der Waals surface area contributed by atoms with Crippen LogP contribution >= 0.6 is 0 Å². The molecule has 1 aliphatic carbocycles. The Labute approximate surface area is 93.2 Å². The lowest BCUT2D eigenvalue weighted by Gasteiger charge is -2.03. The van der Waals surface area contributed by atoms with Crippen LogP contribution in [0.1, 0.15) is 18.5 Å². The van der Waals surface area contributed by atoms with Gasteiger partial charge in [-0.2, -0.15) is 0 Å². The topological polar surface area (TPSA) is 22.0 Å². The molecule has 4 rings (SSSR count). The number of carbonyl (C=O) groups excluding carboxylic acids is 1. The Morgan fingerprint density at radius 2 is 2.00 bits per heavy atom. The monoisotopic (exact) mass is 209 g/mol. The lowest BCUT2D eigenvalue weighted by Crippen LogP contribution is -2.00. The maximum Gasteiger partial charge on any atom is 0.141 e. The third kappa shape index (κ3) is 0.896. The van der Waals surface area contributed by atoms with Crippen LogP contribution in [0.2, 0.25) is 0 Å². The molecule has 0 saturated carbocycles. The van der Waals surface area contributed by atoms with Crippen LogP contribution in [0.4, 0.5) is 0 Å². The molecule has 0 radical (unpaired) electrons. The number of rotatable bonds is 0. The van der Waals surface area contributed by atoms with E-state index in [1.165, 1.54) is 27.7 Å². The Kier molecular flexibility index (Phi) is 1.38. The predicted molar refractivity (Wildman–Crippen MR) is 63.1 cm³/mol. The smallest absolute Gasteiger partial charge is 0.141 e. The number of hydrogen-bond donors (Lipinski definition) is 0. The van der Waals surface area contributed by atoms with E-state index >= 15 is 0 Å². The fourth-order valence-electron chi connectivity index (χ4n) is 2.97. The summed E-state index contributed by atoms with van der Waals surface area (Å²) in [6.07, 6.45) is 1.32. The first-order valence-corrected chi connectivity index (χ1v) is 5.64. The highest BCUT2D eigenvalue weighted by Gasteiger charge is 2.30. The Hall–Kier alpha value is -1.83. The van der Waals surface area contributed by atoms with Gasteiger partial charge in [-0.3, -0.25) is 4.79 Å². The van der Waals surface area contributed by atoms with Gasteiger partial charge in [-0.15, -0.1) is 0 Å². The molecule has 2 heteroatoms. The second-order valence-electron chi connectivity index (χ2n) is 4.65. The number of ketones is 1. The second-order valence-corrected chi connectivity index (χ2v) is 4.65. The first kappa shape index (κ1) is 8.34. The van der Waals surface area contributed by atoms with Crippen LogP contribution in [-0.2, 0) is 11.3 Å². The van der Waals surface area contributed by atoms with Gasteiger partial charge in [0.15, 0.2) is 0 Å². The summed E-state index contributed by atoms with van der Waals surface area (Å²) in [4.78, 5) is 11.4. The van der Waals surface area contributed by atoms with E-state index in [2.05, 4.69) is 34.9 Å². The molecule has 1 aromatic heterocycles. The fourth-order valence-corrected chi connectivity index (χ4v) is 2.97. The summed E-state index contributed by atoms with van der Waals surface area (Å²) in [5.74, 6) is 0.376. The van der Waals surface area contributed by atoms with Crippen LogP contribution in [-0.4, -0.2) is 10.4 Å². The van der Waals surface area contributed by atoms with Crippen molar-refractivity contribution in [1.29, 1.82) is 0 Å². The summed E-state index contributed by atoms with van der Waals surface area (Å²) in [6, 6.07) is 10.6. The highest BCUT2D eigenvalue weighted by molar-refractivity contribution is 6.01. The summed E-state index contributed by atoms with van der Waals surface area (Å²) in [7, 11) is 0. The molecule has 2 aromatic rings. The quantitative estimate of drug-likeness (QED) is 0.654. The van der Waals surface area contributed by atoms with E-state index in [1.807, 2.05) is 0 Å². The summed E-state index contributed by atoms with van der Waals surface area (Å²) < 4.78 is 2.34. The molecular weight excluding hydrogens is 198 g/mol. The molecule has 2 nitrogen and oxygen atoms in total. The van der Waals surface area contributed by atoms with Gasteiger partial charge in [-0.1, -0.05) is 18.2 Å². The van der Waals surface area contributed by atoms with E-state index in [-0.39, 0.29) is 0 Å². The van der Waals surface area contributed by atoms with Crippen molar-refractivity contribution in [3.05, 3.63) is 41.6 Å². The highest BCUT2D eigenvalue weighted by Crippen LogP contribution is 2.41. The standard InChI is InChI=1S/C14H11NO/c16-11-5-10-8-15-13-4-2-1-3-9(13)6-14(15)12(10)7-11/h1-4,6H,5,7-8H2. The molecule has 0 amide bonds. The van der Waals surface area contributed by atoms with E-state index < -0.39 is 0 Å². The maximum absolute atomic E-state index is 11.4. The van der Waals surface area contributed by atoms with Crippen molar-refractivity contribution in [3.63, 3.8) is 0 Å². The third-order valence-electron chi connectivity index (χ3n) is 3.68. The molecule has 78 valence electrons. The molecule has 16 heavy (non-hydrogen) atoms. The van der Waals surface area contributed by atoms with Gasteiger partial charge < -0.3 is 4.57 Å². The highest BCUT2D eigenvalue weighted by atomic mass is 16.1. The number of Topliss-reactive ketones (excluding diaryl/α,β-unsaturated/α-hetero) is 1. The van der Waals surface area contributed by atoms with Gasteiger partial charge >= 0.3 is 0 Å². The van der Waals surface area contributed by atoms with Gasteiger partial charge in [0.2, 0.25) is 0 Å². The molecule has 0 unspecified atom stereocenters. The number of fused-ring (bicyclic) bond motifs is 4. The number of aromatic nitrogens is 1. The van der Waals surface area contributed by atoms with Gasteiger partial charge in [0, 0.05) is 36.0 Å². The van der Waals surface area contributed by atoms with Gasteiger partial charge in [0.05, 0.1) is 0 Å². The Bertz CT molecular complexity index is 660. The molecule has 0 fully saturated rings. The summed E-state index contributed by atoms with van der Waals surface area (Å²) in [5.41, 5.74) is 5.19. The van der Waals surface area contributed by atoms with Crippen molar-refractivity contribution in [2.24, 2.45) is 0 Å². The molecule has 2 heterocycles. The average Bonchev–Trinajstić information content (AvgIpc) is 2.87. The normalized spacial score (nSPS) is 18.4. The number of nitrogens with zero attached hydrogens (tertiary/aromatic N) is 1. The molecule has 0 N–H and O–H groups in total. The second kappa shape index (κ2) is 2.64. The largest absolute Gasteiger partial charge is 0.337 e. The molecular formula is C14H11NO. The van der Waals surface area contributed by atoms with Gasteiger partial charge in [0.1, 0.15) is 5.78 Å². The van der Waals surface area contributed by atoms with Crippen LogP contribution in [0.25, 0.3) is 16.5 Å². The molecule has 0 atom stereocenters. The van der Waals surface area contributed by atoms with Crippen LogP contribution in [0, 0.1) is 0 Å². The van der Waals surface area contributed by atoms with Crippen molar-refractivity contribution in [2.45, 2.75) is 19.4 Å². The van der Waals surface area contributed by atoms with E-state index in [4.69, 9.17) is 0 Å². The van der Waals surface area contributed by atoms with Crippen molar-refractivity contribution < 1.29 is 4.79 Å². The zero-order chi connectivity index (χ0) is 10.7. The first-order chi connectivity index (χ1) is 7.83. The Balaban J connectivity index is 1.99. The lowest BCUT2D eigenvalue weighted by atomic mass is 10.1. The van der Waals surface area contributed by atoms with Gasteiger partial charge in [-0.25, -0.2) is 0 Å². The fraction of sp³-hybridized carbons (Fsp3) is 0.214. The van der Waals surface area contributed by atoms with Crippen LogP contribution in [0.5, 0.6) is 0 Å². The van der Waals surface area contributed by atoms with Crippen molar-refractivity contribution in [1.82, 2.24) is 4.57 Å². The molecule has 1 aromatic carbocycles. The van der Waals surface area contributed by atoms with E-state index in [1.54, 1.807) is 0 Å². The minimum Gasteiger partial charge on any atom is -0.337 e. The molecule has 0 bridgehead atoms. The van der Waals surface area contributed by atoms with Gasteiger partial charge in [0.25, 0.3) is 0 Å². The van der Waals surface area contributed by atoms with Crippen LogP contribution in [0.3, 0.4) is 0 Å². The minimum atomic E-state index is 0.376. The summed E-state index contributed by atoms with van der Waals surface area (Å²) in [6.45, 7) is 0.921. The first-order valence-electron chi connectivity index (χ1n) is 5.64.